The molecule has 1 aliphatic heterocycles. The van der Waals surface area contributed by atoms with Gasteiger partial charge >= 0.3 is 0 Å². The predicted octanol–water partition coefficient (Wildman–Crippen LogP) is 3.37. The highest BCUT2D eigenvalue weighted by Gasteiger charge is 2.37. The van der Waals surface area contributed by atoms with Gasteiger partial charge in [0.15, 0.2) is 0 Å². The zero-order chi connectivity index (χ0) is 21.1. The fourth-order valence-corrected chi connectivity index (χ4v) is 3.78. The van der Waals surface area contributed by atoms with Gasteiger partial charge in [0.25, 0.3) is 0 Å². The van der Waals surface area contributed by atoms with E-state index in [9.17, 15) is 14.4 Å². The second kappa shape index (κ2) is 8.66. The molecule has 0 saturated carbocycles. The van der Waals surface area contributed by atoms with Crippen molar-refractivity contribution in [2.75, 3.05) is 23.3 Å². The fourth-order valence-electron chi connectivity index (χ4n) is 3.65. The van der Waals surface area contributed by atoms with Crippen LogP contribution in [-0.4, -0.2) is 30.8 Å². The molecule has 0 bridgehead atoms. The van der Waals surface area contributed by atoms with Gasteiger partial charge in [-0.15, -0.1) is 0 Å². The van der Waals surface area contributed by atoms with Gasteiger partial charge in [-0.3, -0.25) is 14.4 Å². The summed E-state index contributed by atoms with van der Waals surface area (Å²) in [6, 6.07) is 10.9. The standard InChI is InChI=1S/C22H24ClN3O3/c1-13-10-14(2)20(15(3)11-13)25-19(27)12-24-21(28)18-8-9-26(22(18)29)17-6-4-16(23)5-7-17/h4-7,10-11,18H,8-9,12H2,1-3H3,(H,24,28)(H,25,27). The van der Waals surface area contributed by atoms with Crippen LogP contribution < -0.4 is 15.5 Å². The van der Waals surface area contributed by atoms with E-state index >= 15 is 0 Å². The molecule has 6 nitrogen and oxygen atoms in total. The minimum atomic E-state index is -0.790. The Bertz CT molecular complexity index is 933. The van der Waals surface area contributed by atoms with Crippen LogP contribution in [0.5, 0.6) is 0 Å². The van der Waals surface area contributed by atoms with Crippen LogP contribution in [0.4, 0.5) is 11.4 Å². The lowest BCUT2D eigenvalue weighted by atomic mass is 10.1. The average Bonchev–Trinajstić information content (AvgIpc) is 3.05. The molecule has 0 aliphatic carbocycles. The zero-order valence-corrected chi connectivity index (χ0v) is 17.5. The van der Waals surface area contributed by atoms with Crippen LogP contribution in [0.15, 0.2) is 36.4 Å². The summed E-state index contributed by atoms with van der Waals surface area (Å²) in [7, 11) is 0. The van der Waals surface area contributed by atoms with E-state index in [0.717, 1.165) is 22.4 Å². The predicted molar refractivity (Wildman–Crippen MR) is 114 cm³/mol. The van der Waals surface area contributed by atoms with Crippen LogP contribution in [0.2, 0.25) is 5.02 Å². The summed E-state index contributed by atoms with van der Waals surface area (Å²) in [5.41, 5.74) is 4.51. The third kappa shape index (κ3) is 4.77. The maximum atomic E-state index is 12.6. The number of hydrogen-bond acceptors (Lipinski definition) is 3. The molecule has 3 rings (SSSR count). The normalized spacial score (nSPS) is 16.1. The number of amides is 3. The quantitative estimate of drug-likeness (QED) is 0.737. The second-order valence-corrected chi connectivity index (χ2v) is 7.78. The SMILES string of the molecule is Cc1cc(C)c(NC(=O)CNC(=O)C2CCN(c3ccc(Cl)cc3)C2=O)c(C)c1. The van der Waals surface area contributed by atoms with Crippen molar-refractivity contribution >= 4 is 40.7 Å². The minimum Gasteiger partial charge on any atom is -0.346 e. The highest BCUT2D eigenvalue weighted by Crippen LogP contribution is 2.26. The van der Waals surface area contributed by atoms with E-state index in [-0.39, 0.29) is 18.4 Å². The van der Waals surface area contributed by atoms with Crippen molar-refractivity contribution < 1.29 is 14.4 Å². The topological polar surface area (TPSA) is 78.5 Å². The van der Waals surface area contributed by atoms with Crippen molar-refractivity contribution in [3.05, 3.63) is 58.1 Å². The molecule has 1 aliphatic rings. The van der Waals surface area contributed by atoms with Crippen LogP contribution in [-0.2, 0) is 14.4 Å². The van der Waals surface area contributed by atoms with Gasteiger partial charge in [-0.2, -0.15) is 0 Å². The summed E-state index contributed by atoms with van der Waals surface area (Å²) < 4.78 is 0. The maximum absolute atomic E-state index is 12.6. The van der Waals surface area contributed by atoms with E-state index in [0.29, 0.717) is 23.7 Å². The Balaban J connectivity index is 1.56. The average molecular weight is 414 g/mol. The van der Waals surface area contributed by atoms with Gasteiger partial charge in [-0.1, -0.05) is 29.3 Å². The molecule has 1 heterocycles. The van der Waals surface area contributed by atoms with Crippen molar-refractivity contribution in [1.82, 2.24) is 5.32 Å². The molecule has 0 radical (unpaired) electrons. The number of hydrogen-bond donors (Lipinski definition) is 2. The van der Waals surface area contributed by atoms with Gasteiger partial charge in [0, 0.05) is 22.9 Å². The third-order valence-corrected chi connectivity index (χ3v) is 5.28. The Morgan fingerprint density at radius 3 is 2.34 bits per heavy atom. The Labute approximate surface area is 175 Å². The number of carbonyl (C=O) groups excluding carboxylic acids is 3. The third-order valence-electron chi connectivity index (χ3n) is 5.02. The number of anilines is 2. The van der Waals surface area contributed by atoms with Gasteiger partial charge in [0.05, 0.1) is 6.54 Å². The molecule has 3 amide bonds. The molecule has 7 heteroatoms. The Morgan fingerprint density at radius 2 is 1.72 bits per heavy atom. The monoisotopic (exact) mass is 413 g/mol. The summed E-state index contributed by atoms with van der Waals surface area (Å²) in [6.07, 6.45) is 0.408. The summed E-state index contributed by atoms with van der Waals surface area (Å²) in [5.74, 6) is -1.82. The van der Waals surface area contributed by atoms with Crippen molar-refractivity contribution in [1.29, 1.82) is 0 Å². The smallest absolute Gasteiger partial charge is 0.243 e. The first-order chi connectivity index (χ1) is 13.8. The van der Waals surface area contributed by atoms with Crippen LogP contribution in [0, 0.1) is 26.7 Å². The van der Waals surface area contributed by atoms with Gasteiger partial charge in [0.2, 0.25) is 17.7 Å². The number of nitrogens with zero attached hydrogens (tertiary/aromatic N) is 1. The molecular weight excluding hydrogens is 390 g/mol. The first-order valence-electron chi connectivity index (χ1n) is 9.48. The number of benzene rings is 2. The molecule has 152 valence electrons. The number of nitrogens with one attached hydrogen (secondary N) is 2. The second-order valence-electron chi connectivity index (χ2n) is 7.35. The minimum absolute atomic E-state index is 0.184. The van der Waals surface area contributed by atoms with E-state index in [1.807, 2.05) is 32.9 Å². The maximum Gasteiger partial charge on any atom is 0.243 e. The molecule has 0 spiro atoms. The van der Waals surface area contributed by atoms with Crippen molar-refractivity contribution in [2.24, 2.45) is 5.92 Å². The number of carbonyl (C=O) groups is 3. The molecule has 2 aromatic rings. The summed E-state index contributed by atoms with van der Waals surface area (Å²) in [4.78, 5) is 38.9. The molecule has 29 heavy (non-hydrogen) atoms. The Kier molecular flexibility index (Phi) is 6.23. The lowest BCUT2D eigenvalue weighted by Gasteiger charge is -2.17. The largest absolute Gasteiger partial charge is 0.346 e. The highest BCUT2D eigenvalue weighted by atomic mass is 35.5. The van der Waals surface area contributed by atoms with Gasteiger partial charge in [0.1, 0.15) is 5.92 Å². The molecule has 1 saturated heterocycles. The number of rotatable bonds is 5. The lowest BCUT2D eigenvalue weighted by Crippen LogP contribution is -2.40. The molecule has 0 aromatic heterocycles. The molecule has 1 unspecified atom stereocenters. The molecule has 1 atom stereocenters. The van der Waals surface area contributed by atoms with Crippen molar-refractivity contribution in [3.8, 4) is 0 Å². The zero-order valence-electron chi connectivity index (χ0n) is 16.7. The van der Waals surface area contributed by atoms with Gasteiger partial charge < -0.3 is 15.5 Å². The fraction of sp³-hybridized carbons (Fsp3) is 0.318. The van der Waals surface area contributed by atoms with Crippen molar-refractivity contribution in [3.63, 3.8) is 0 Å². The van der Waals surface area contributed by atoms with Crippen LogP contribution in [0.25, 0.3) is 0 Å². The molecular formula is C22H24ClN3O3. The van der Waals surface area contributed by atoms with Crippen LogP contribution in [0.1, 0.15) is 23.1 Å². The van der Waals surface area contributed by atoms with Gasteiger partial charge in [-0.05, 0) is 62.6 Å². The molecule has 2 aromatic carbocycles. The van der Waals surface area contributed by atoms with E-state index in [4.69, 9.17) is 11.6 Å². The number of halogens is 1. The first kappa shape index (κ1) is 20.9. The molecule has 2 N–H and O–H groups in total. The Hall–Kier alpha value is -2.86. The van der Waals surface area contributed by atoms with E-state index in [2.05, 4.69) is 10.6 Å². The first-order valence-corrected chi connectivity index (χ1v) is 9.86. The lowest BCUT2D eigenvalue weighted by molar-refractivity contribution is -0.133. The van der Waals surface area contributed by atoms with Gasteiger partial charge in [-0.25, -0.2) is 0 Å². The van der Waals surface area contributed by atoms with Crippen molar-refractivity contribution in [2.45, 2.75) is 27.2 Å². The van der Waals surface area contributed by atoms with E-state index in [1.54, 1.807) is 29.2 Å². The van der Waals surface area contributed by atoms with Crippen LogP contribution >= 0.6 is 11.6 Å². The van der Waals surface area contributed by atoms with Crippen LogP contribution in [0.3, 0.4) is 0 Å². The summed E-state index contributed by atoms with van der Waals surface area (Å²) in [5, 5.41) is 6.01. The summed E-state index contributed by atoms with van der Waals surface area (Å²) >= 11 is 5.88. The van der Waals surface area contributed by atoms with E-state index in [1.165, 1.54) is 0 Å². The summed E-state index contributed by atoms with van der Waals surface area (Å²) in [6.45, 7) is 6.12. The molecule has 1 fully saturated rings. The highest BCUT2D eigenvalue weighted by molar-refractivity contribution is 6.30. The number of aryl methyl sites for hydroxylation is 3. The Morgan fingerprint density at radius 1 is 1.10 bits per heavy atom. The van der Waals surface area contributed by atoms with E-state index < -0.39 is 11.8 Å².